The van der Waals surface area contributed by atoms with Gasteiger partial charge >= 0.3 is 0 Å². The minimum absolute atomic E-state index is 0.0375. The molecule has 0 atom stereocenters. The Bertz CT molecular complexity index is 382. The van der Waals surface area contributed by atoms with Crippen molar-refractivity contribution in [1.29, 1.82) is 5.26 Å². The maximum Gasteiger partial charge on any atom is 0.178 e. The Labute approximate surface area is 88.4 Å². The van der Waals surface area contributed by atoms with Crippen LogP contribution < -0.4 is 4.74 Å². The predicted molar refractivity (Wildman–Crippen MR) is 54.8 cm³/mol. The van der Waals surface area contributed by atoms with E-state index in [1.165, 1.54) is 7.11 Å². The van der Waals surface area contributed by atoms with Crippen molar-refractivity contribution in [3.8, 4) is 17.6 Å². The standard InChI is InChI=1S/C11H13NO3/c1-15-11-9(7-12)5-8(3-2-4-13)6-10(11)14/h5-6,13-14H,2-4H2,1H3. The van der Waals surface area contributed by atoms with E-state index in [1.54, 1.807) is 12.1 Å². The first-order valence-electron chi connectivity index (χ1n) is 4.63. The molecule has 80 valence electrons. The Balaban J connectivity index is 3.04. The molecule has 4 heteroatoms. The fourth-order valence-corrected chi connectivity index (χ4v) is 1.40. The summed E-state index contributed by atoms with van der Waals surface area (Å²) < 4.78 is 4.90. The molecule has 0 saturated heterocycles. The van der Waals surface area contributed by atoms with E-state index >= 15 is 0 Å². The van der Waals surface area contributed by atoms with Gasteiger partial charge in [0, 0.05) is 6.61 Å². The predicted octanol–water partition coefficient (Wildman–Crippen LogP) is 1.20. The summed E-state index contributed by atoms with van der Waals surface area (Å²) in [5, 5.41) is 27.1. The SMILES string of the molecule is COc1c(O)cc(CCCO)cc1C#N. The van der Waals surface area contributed by atoms with Gasteiger partial charge in [-0.2, -0.15) is 5.26 Å². The molecule has 0 amide bonds. The van der Waals surface area contributed by atoms with E-state index in [0.717, 1.165) is 5.56 Å². The minimum Gasteiger partial charge on any atom is -0.504 e. The molecule has 0 radical (unpaired) electrons. The number of phenolic OH excluding ortho intramolecular Hbond substituents is 1. The lowest BCUT2D eigenvalue weighted by atomic mass is 10.1. The van der Waals surface area contributed by atoms with Gasteiger partial charge in [-0.15, -0.1) is 0 Å². The van der Waals surface area contributed by atoms with Gasteiger partial charge in [-0.05, 0) is 30.5 Å². The number of aliphatic hydroxyl groups is 1. The van der Waals surface area contributed by atoms with Crippen LogP contribution in [0.4, 0.5) is 0 Å². The van der Waals surface area contributed by atoms with Gasteiger partial charge in [0.05, 0.1) is 12.7 Å². The lowest BCUT2D eigenvalue weighted by molar-refractivity contribution is 0.288. The highest BCUT2D eigenvalue weighted by atomic mass is 16.5. The molecule has 0 bridgehead atoms. The Morgan fingerprint density at radius 1 is 1.47 bits per heavy atom. The maximum atomic E-state index is 9.56. The Morgan fingerprint density at radius 3 is 2.73 bits per heavy atom. The summed E-state index contributed by atoms with van der Waals surface area (Å²) in [6.07, 6.45) is 1.24. The second-order valence-electron chi connectivity index (χ2n) is 3.13. The zero-order valence-electron chi connectivity index (χ0n) is 8.53. The molecule has 0 aromatic heterocycles. The molecule has 0 saturated carbocycles. The van der Waals surface area contributed by atoms with Gasteiger partial charge in [0.15, 0.2) is 11.5 Å². The highest BCUT2D eigenvalue weighted by Gasteiger charge is 2.10. The first kappa shape index (κ1) is 11.3. The molecule has 4 nitrogen and oxygen atoms in total. The Kier molecular flexibility index (Phi) is 3.95. The van der Waals surface area contributed by atoms with Crippen molar-refractivity contribution in [2.75, 3.05) is 13.7 Å². The summed E-state index contributed by atoms with van der Waals surface area (Å²) in [5.74, 6) is 0.162. The maximum absolute atomic E-state index is 9.56. The second-order valence-corrected chi connectivity index (χ2v) is 3.13. The molecule has 0 spiro atoms. The van der Waals surface area contributed by atoms with Gasteiger partial charge in [0.25, 0.3) is 0 Å². The smallest absolute Gasteiger partial charge is 0.178 e. The third kappa shape index (κ3) is 2.61. The van der Waals surface area contributed by atoms with Gasteiger partial charge in [0.1, 0.15) is 6.07 Å². The van der Waals surface area contributed by atoms with Crippen LogP contribution in [0.15, 0.2) is 12.1 Å². The number of phenols is 1. The fraction of sp³-hybridized carbons (Fsp3) is 0.364. The van der Waals surface area contributed by atoms with E-state index in [9.17, 15) is 5.11 Å². The van der Waals surface area contributed by atoms with Crippen LogP contribution >= 0.6 is 0 Å². The molecular formula is C11H13NO3. The van der Waals surface area contributed by atoms with Crippen LogP contribution in [0, 0.1) is 11.3 Å². The van der Waals surface area contributed by atoms with Crippen LogP contribution in [0.5, 0.6) is 11.5 Å². The number of benzene rings is 1. The molecule has 0 aliphatic heterocycles. The van der Waals surface area contributed by atoms with E-state index in [1.807, 2.05) is 6.07 Å². The van der Waals surface area contributed by atoms with Gasteiger partial charge in [-0.25, -0.2) is 0 Å². The van der Waals surface area contributed by atoms with E-state index in [0.29, 0.717) is 18.4 Å². The molecular weight excluding hydrogens is 194 g/mol. The van der Waals surface area contributed by atoms with Gasteiger partial charge in [-0.1, -0.05) is 0 Å². The molecule has 0 unspecified atom stereocenters. The van der Waals surface area contributed by atoms with E-state index < -0.39 is 0 Å². The van der Waals surface area contributed by atoms with Gasteiger partial charge in [-0.3, -0.25) is 0 Å². The van der Waals surface area contributed by atoms with Crippen molar-refractivity contribution in [3.63, 3.8) is 0 Å². The average Bonchev–Trinajstić information content (AvgIpc) is 2.25. The van der Waals surface area contributed by atoms with Gasteiger partial charge in [0.2, 0.25) is 0 Å². The van der Waals surface area contributed by atoms with Crippen molar-refractivity contribution >= 4 is 0 Å². The number of hydrogen-bond acceptors (Lipinski definition) is 4. The second kappa shape index (κ2) is 5.23. The van der Waals surface area contributed by atoms with Crippen LogP contribution in [0.3, 0.4) is 0 Å². The summed E-state index contributed by atoms with van der Waals surface area (Å²) in [6.45, 7) is 0.0919. The molecule has 0 fully saturated rings. The van der Waals surface area contributed by atoms with Crippen LogP contribution in [-0.2, 0) is 6.42 Å². The van der Waals surface area contributed by atoms with E-state index in [-0.39, 0.29) is 18.1 Å². The molecule has 2 N–H and O–H groups in total. The average molecular weight is 207 g/mol. The van der Waals surface area contributed by atoms with Gasteiger partial charge < -0.3 is 14.9 Å². The number of nitriles is 1. The highest BCUT2D eigenvalue weighted by molar-refractivity contribution is 5.54. The Morgan fingerprint density at radius 2 is 2.20 bits per heavy atom. The van der Waals surface area contributed by atoms with Crippen molar-refractivity contribution in [2.45, 2.75) is 12.8 Å². The normalized spacial score (nSPS) is 9.67. The van der Waals surface area contributed by atoms with E-state index in [2.05, 4.69) is 0 Å². The van der Waals surface area contributed by atoms with Crippen molar-refractivity contribution in [3.05, 3.63) is 23.3 Å². The number of nitrogens with zero attached hydrogens (tertiary/aromatic N) is 1. The van der Waals surface area contributed by atoms with Crippen LogP contribution in [-0.4, -0.2) is 23.9 Å². The number of aromatic hydroxyl groups is 1. The summed E-state index contributed by atoms with van der Waals surface area (Å²) in [6, 6.07) is 5.17. The van der Waals surface area contributed by atoms with Crippen molar-refractivity contribution in [2.24, 2.45) is 0 Å². The van der Waals surface area contributed by atoms with Crippen LogP contribution in [0.1, 0.15) is 17.5 Å². The molecule has 0 aliphatic rings. The molecule has 15 heavy (non-hydrogen) atoms. The summed E-state index contributed by atoms with van der Waals surface area (Å²) in [4.78, 5) is 0. The van der Waals surface area contributed by atoms with E-state index in [4.69, 9.17) is 15.1 Å². The summed E-state index contributed by atoms with van der Waals surface area (Å²) in [7, 11) is 1.41. The summed E-state index contributed by atoms with van der Waals surface area (Å²) >= 11 is 0. The molecule has 1 rings (SSSR count). The quantitative estimate of drug-likeness (QED) is 0.778. The molecule has 1 aromatic rings. The van der Waals surface area contributed by atoms with Crippen LogP contribution in [0.2, 0.25) is 0 Å². The first-order chi connectivity index (χ1) is 7.22. The Hall–Kier alpha value is -1.73. The third-order valence-corrected chi connectivity index (χ3v) is 2.08. The van der Waals surface area contributed by atoms with Crippen molar-refractivity contribution in [1.82, 2.24) is 0 Å². The number of hydrogen-bond donors (Lipinski definition) is 2. The lowest BCUT2D eigenvalue weighted by Crippen LogP contribution is -1.94. The largest absolute Gasteiger partial charge is 0.504 e. The summed E-state index contributed by atoms with van der Waals surface area (Å²) in [5.41, 5.74) is 1.13. The molecule has 0 heterocycles. The number of ether oxygens (including phenoxy) is 1. The number of aryl methyl sites for hydroxylation is 1. The zero-order valence-corrected chi connectivity index (χ0v) is 8.53. The number of aliphatic hydroxyl groups excluding tert-OH is 1. The monoisotopic (exact) mass is 207 g/mol. The molecule has 1 aromatic carbocycles. The topological polar surface area (TPSA) is 73.5 Å². The lowest BCUT2D eigenvalue weighted by Gasteiger charge is -2.08. The van der Waals surface area contributed by atoms with Crippen LogP contribution in [0.25, 0.3) is 0 Å². The zero-order chi connectivity index (χ0) is 11.3. The molecule has 0 aliphatic carbocycles. The number of rotatable bonds is 4. The minimum atomic E-state index is -0.0375. The third-order valence-electron chi connectivity index (χ3n) is 2.08. The first-order valence-corrected chi connectivity index (χ1v) is 4.63. The van der Waals surface area contributed by atoms with Crippen molar-refractivity contribution < 1.29 is 14.9 Å². The highest BCUT2D eigenvalue weighted by Crippen LogP contribution is 2.31. The fourth-order valence-electron chi connectivity index (χ4n) is 1.40. The number of methoxy groups -OCH3 is 1.